The van der Waals surface area contributed by atoms with E-state index >= 15 is 0 Å². The number of phenolic OH excluding ortho intramolecular Hbond substituents is 1. The molecule has 0 aliphatic heterocycles. The zero-order valence-corrected chi connectivity index (χ0v) is 11.0. The molecule has 0 bridgehead atoms. The van der Waals surface area contributed by atoms with Crippen molar-refractivity contribution >= 4 is 15.9 Å². The molecule has 1 N–H and O–H groups in total. The van der Waals surface area contributed by atoms with Crippen LogP contribution in [0.25, 0.3) is 0 Å². The average Bonchev–Trinajstić information content (AvgIpc) is 2.29. The van der Waals surface area contributed by atoms with Gasteiger partial charge in [0.05, 0.1) is 0 Å². The first-order valence-corrected chi connectivity index (χ1v) is 6.62. The summed E-state index contributed by atoms with van der Waals surface area (Å²) in [5.74, 6) is 0.344. The molecule has 0 radical (unpaired) electrons. The molecular weight excluding hydrogens is 252 g/mol. The molecule has 0 saturated carbocycles. The standard InChI is InChI=1S/C13H19BrO/c1-3-13(4-2,10-14)9-11-5-7-12(15)8-6-11/h5-8,15H,3-4,9-10H2,1-2H3. The van der Waals surface area contributed by atoms with E-state index in [2.05, 4.69) is 29.8 Å². The highest BCUT2D eigenvalue weighted by Gasteiger charge is 2.24. The van der Waals surface area contributed by atoms with Crippen molar-refractivity contribution in [1.82, 2.24) is 0 Å². The predicted octanol–water partition coefficient (Wildman–Crippen LogP) is 4.14. The van der Waals surface area contributed by atoms with Crippen molar-refractivity contribution in [2.24, 2.45) is 5.41 Å². The van der Waals surface area contributed by atoms with Crippen LogP contribution in [0.1, 0.15) is 32.3 Å². The lowest BCUT2D eigenvalue weighted by Gasteiger charge is -2.29. The Balaban J connectivity index is 2.78. The average molecular weight is 271 g/mol. The van der Waals surface area contributed by atoms with Crippen molar-refractivity contribution in [3.8, 4) is 5.75 Å². The van der Waals surface area contributed by atoms with Crippen molar-refractivity contribution in [2.75, 3.05) is 5.33 Å². The van der Waals surface area contributed by atoms with Crippen LogP contribution in [0.4, 0.5) is 0 Å². The number of hydrogen-bond donors (Lipinski definition) is 1. The number of hydrogen-bond acceptors (Lipinski definition) is 1. The molecule has 0 heterocycles. The number of aromatic hydroxyl groups is 1. The monoisotopic (exact) mass is 270 g/mol. The molecule has 2 heteroatoms. The third-order valence-corrected chi connectivity index (χ3v) is 4.49. The molecule has 1 aromatic carbocycles. The minimum absolute atomic E-state index is 0.344. The molecule has 15 heavy (non-hydrogen) atoms. The second-order valence-electron chi connectivity index (χ2n) is 4.18. The fraction of sp³-hybridized carbons (Fsp3) is 0.538. The van der Waals surface area contributed by atoms with Gasteiger partial charge in [0.1, 0.15) is 5.75 Å². The Labute approximate surface area is 101 Å². The van der Waals surface area contributed by atoms with E-state index in [9.17, 15) is 5.11 Å². The summed E-state index contributed by atoms with van der Waals surface area (Å²) in [4.78, 5) is 0. The van der Waals surface area contributed by atoms with Crippen molar-refractivity contribution in [3.05, 3.63) is 29.8 Å². The second kappa shape index (κ2) is 5.55. The highest BCUT2D eigenvalue weighted by atomic mass is 79.9. The van der Waals surface area contributed by atoms with Gasteiger partial charge in [0.25, 0.3) is 0 Å². The van der Waals surface area contributed by atoms with Crippen LogP contribution in [0.15, 0.2) is 24.3 Å². The van der Waals surface area contributed by atoms with Gasteiger partial charge < -0.3 is 5.11 Å². The zero-order valence-electron chi connectivity index (χ0n) is 9.46. The summed E-state index contributed by atoms with van der Waals surface area (Å²) < 4.78 is 0. The van der Waals surface area contributed by atoms with Crippen LogP contribution in [-0.2, 0) is 6.42 Å². The van der Waals surface area contributed by atoms with Crippen molar-refractivity contribution in [1.29, 1.82) is 0 Å². The molecule has 0 aliphatic carbocycles. The fourth-order valence-corrected chi connectivity index (χ4v) is 2.77. The first-order chi connectivity index (χ1) is 7.15. The van der Waals surface area contributed by atoms with E-state index < -0.39 is 0 Å². The summed E-state index contributed by atoms with van der Waals surface area (Å²) >= 11 is 3.62. The maximum Gasteiger partial charge on any atom is 0.115 e. The van der Waals surface area contributed by atoms with E-state index in [0.717, 1.165) is 11.8 Å². The number of alkyl halides is 1. The van der Waals surface area contributed by atoms with Crippen LogP contribution in [-0.4, -0.2) is 10.4 Å². The number of benzene rings is 1. The molecule has 84 valence electrons. The topological polar surface area (TPSA) is 20.2 Å². The fourth-order valence-electron chi connectivity index (χ4n) is 1.78. The van der Waals surface area contributed by atoms with Crippen LogP contribution in [0.3, 0.4) is 0 Å². The van der Waals surface area contributed by atoms with Gasteiger partial charge in [-0.1, -0.05) is 41.9 Å². The zero-order chi connectivity index (χ0) is 11.3. The molecule has 1 nitrogen and oxygen atoms in total. The van der Waals surface area contributed by atoms with Gasteiger partial charge in [-0.15, -0.1) is 0 Å². The van der Waals surface area contributed by atoms with Gasteiger partial charge in [0.2, 0.25) is 0 Å². The van der Waals surface area contributed by atoms with Gasteiger partial charge in [-0.3, -0.25) is 0 Å². The Morgan fingerprint density at radius 1 is 1.13 bits per heavy atom. The summed E-state index contributed by atoms with van der Waals surface area (Å²) in [5, 5.41) is 10.3. The quantitative estimate of drug-likeness (QED) is 0.798. The van der Waals surface area contributed by atoms with Crippen molar-refractivity contribution < 1.29 is 5.11 Å². The number of halogens is 1. The maximum atomic E-state index is 9.22. The molecule has 0 spiro atoms. The SMILES string of the molecule is CCC(CC)(CBr)Cc1ccc(O)cc1. The minimum atomic E-state index is 0.344. The molecule has 0 aliphatic rings. The van der Waals surface area contributed by atoms with Crippen molar-refractivity contribution in [3.63, 3.8) is 0 Å². The summed E-state index contributed by atoms with van der Waals surface area (Å²) in [6.07, 6.45) is 3.43. The highest BCUT2D eigenvalue weighted by Crippen LogP contribution is 2.33. The van der Waals surface area contributed by atoms with Gasteiger partial charge in [0.15, 0.2) is 0 Å². The van der Waals surface area contributed by atoms with Crippen LogP contribution in [0.5, 0.6) is 5.75 Å². The largest absolute Gasteiger partial charge is 0.508 e. The molecule has 0 saturated heterocycles. The van der Waals surface area contributed by atoms with E-state index in [1.807, 2.05) is 12.1 Å². The van der Waals surface area contributed by atoms with Gasteiger partial charge in [-0.05, 0) is 42.4 Å². The van der Waals surface area contributed by atoms with E-state index in [4.69, 9.17) is 0 Å². The summed E-state index contributed by atoms with van der Waals surface area (Å²) in [6.45, 7) is 4.48. The first kappa shape index (κ1) is 12.6. The molecule has 1 aromatic rings. The molecule has 0 aromatic heterocycles. The normalized spacial score (nSPS) is 11.7. The third-order valence-electron chi connectivity index (χ3n) is 3.30. The van der Waals surface area contributed by atoms with Crippen molar-refractivity contribution in [2.45, 2.75) is 33.1 Å². The van der Waals surface area contributed by atoms with Gasteiger partial charge >= 0.3 is 0 Å². The Kier molecular flexibility index (Phi) is 4.65. The molecule has 0 fully saturated rings. The van der Waals surface area contributed by atoms with E-state index in [0.29, 0.717) is 11.2 Å². The minimum Gasteiger partial charge on any atom is -0.508 e. The molecule has 0 amide bonds. The van der Waals surface area contributed by atoms with Gasteiger partial charge in [0, 0.05) is 5.33 Å². The van der Waals surface area contributed by atoms with Gasteiger partial charge in [-0.2, -0.15) is 0 Å². The van der Waals surface area contributed by atoms with Crippen LogP contribution >= 0.6 is 15.9 Å². The van der Waals surface area contributed by atoms with Crippen LogP contribution in [0, 0.1) is 5.41 Å². The third kappa shape index (κ3) is 3.23. The lowest BCUT2D eigenvalue weighted by Crippen LogP contribution is -2.23. The number of rotatable bonds is 5. The van der Waals surface area contributed by atoms with E-state index in [1.165, 1.54) is 18.4 Å². The predicted molar refractivity (Wildman–Crippen MR) is 68.6 cm³/mol. The molecular formula is C13H19BrO. The number of phenols is 1. The smallest absolute Gasteiger partial charge is 0.115 e. The first-order valence-electron chi connectivity index (χ1n) is 5.49. The summed E-state index contributed by atoms with van der Waals surface area (Å²) in [7, 11) is 0. The molecule has 0 unspecified atom stereocenters. The molecule has 0 atom stereocenters. The van der Waals surface area contributed by atoms with E-state index in [1.54, 1.807) is 12.1 Å². The Hall–Kier alpha value is -0.500. The lowest BCUT2D eigenvalue weighted by atomic mass is 9.79. The maximum absolute atomic E-state index is 9.22. The Bertz CT molecular complexity index is 280. The summed E-state index contributed by atoms with van der Waals surface area (Å²) in [6, 6.07) is 7.55. The molecule has 1 rings (SSSR count). The second-order valence-corrected chi connectivity index (χ2v) is 4.74. The van der Waals surface area contributed by atoms with Crippen LogP contribution < -0.4 is 0 Å². The van der Waals surface area contributed by atoms with E-state index in [-0.39, 0.29) is 0 Å². The van der Waals surface area contributed by atoms with Crippen LogP contribution in [0.2, 0.25) is 0 Å². The van der Waals surface area contributed by atoms with Gasteiger partial charge in [-0.25, -0.2) is 0 Å². The summed E-state index contributed by atoms with van der Waals surface area (Å²) in [5.41, 5.74) is 1.66. The lowest BCUT2D eigenvalue weighted by molar-refractivity contribution is 0.307. The Morgan fingerprint density at radius 3 is 2.07 bits per heavy atom. The Morgan fingerprint density at radius 2 is 1.67 bits per heavy atom. The highest BCUT2D eigenvalue weighted by molar-refractivity contribution is 9.09.